The van der Waals surface area contributed by atoms with E-state index in [4.69, 9.17) is 0 Å². The van der Waals surface area contributed by atoms with Gasteiger partial charge in [0.2, 0.25) is 0 Å². The molecule has 0 saturated heterocycles. The zero-order valence-electron chi connectivity index (χ0n) is 10.1. The van der Waals surface area contributed by atoms with E-state index >= 15 is 0 Å². The Morgan fingerprint density at radius 2 is 2.06 bits per heavy atom. The maximum atomic E-state index is 4.66. The molecule has 0 saturated carbocycles. The van der Waals surface area contributed by atoms with Crippen molar-refractivity contribution in [3.05, 3.63) is 58.4 Å². The highest BCUT2D eigenvalue weighted by molar-refractivity contribution is 7.10. The first-order chi connectivity index (χ1) is 8.81. The maximum Gasteiger partial charge on any atom is 0.103 e. The van der Waals surface area contributed by atoms with Gasteiger partial charge in [0.15, 0.2) is 0 Å². The normalized spacial score (nSPS) is 10.7. The summed E-state index contributed by atoms with van der Waals surface area (Å²) >= 11 is 1.69. The van der Waals surface area contributed by atoms with E-state index < -0.39 is 0 Å². The van der Waals surface area contributed by atoms with E-state index in [-0.39, 0.29) is 0 Å². The topological polar surface area (TPSA) is 41.6 Å². The lowest BCUT2D eigenvalue weighted by Crippen LogP contribution is -1.87. The van der Waals surface area contributed by atoms with Gasteiger partial charge in [-0.1, -0.05) is 30.3 Å². The number of aryl methyl sites for hydroxylation is 1. The standard InChI is InChI=1S/C14H13N3S/c1-10-15-8-12(16-10)7-14-17-13(9-18-14)11-5-3-2-4-6-11/h2-6,8-9H,7H2,1H3,(H,15,16). The highest BCUT2D eigenvalue weighted by atomic mass is 32.1. The molecule has 0 unspecified atom stereocenters. The first-order valence-corrected chi connectivity index (χ1v) is 6.69. The van der Waals surface area contributed by atoms with E-state index in [1.807, 2.05) is 31.3 Å². The zero-order chi connectivity index (χ0) is 12.4. The van der Waals surface area contributed by atoms with Gasteiger partial charge in [0.05, 0.1) is 10.7 Å². The Kier molecular flexibility index (Phi) is 2.94. The summed E-state index contributed by atoms with van der Waals surface area (Å²) in [5.41, 5.74) is 3.33. The number of aromatic amines is 1. The third-order valence-corrected chi connectivity index (χ3v) is 3.57. The smallest absolute Gasteiger partial charge is 0.103 e. The van der Waals surface area contributed by atoms with Crippen LogP contribution in [0.15, 0.2) is 41.9 Å². The highest BCUT2D eigenvalue weighted by Gasteiger charge is 2.06. The molecule has 90 valence electrons. The van der Waals surface area contributed by atoms with Crippen LogP contribution in [0.4, 0.5) is 0 Å². The molecule has 2 aromatic heterocycles. The molecule has 0 atom stereocenters. The summed E-state index contributed by atoms with van der Waals surface area (Å²) in [6.07, 6.45) is 2.69. The molecule has 2 heterocycles. The number of imidazole rings is 1. The van der Waals surface area contributed by atoms with Crippen LogP contribution in [0.25, 0.3) is 11.3 Å². The molecule has 3 rings (SSSR count). The molecule has 0 bridgehead atoms. The Morgan fingerprint density at radius 1 is 1.22 bits per heavy atom. The van der Waals surface area contributed by atoms with Crippen molar-refractivity contribution in [3.8, 4) is 11.3 Å². The number of nitrogens with zero attached hydrogens (tertiary/aromatic N) is 2. The van der Waals surface area contributed by atoms with Gasteiger partial charge in [-0.3, -0.25) is 0 Å². The Morgan fingerprint density at radius 3 is 2.78 bits per heavy atom. The fourth-order valence-corrected chi connectivity index (χ4v) is 2.68. The van der Waals surface area contributed by atoms with Crippen LogP contribution in [0, 0.1) is 6.92 Å². The van der Waals surface area contributed by atoms with E-state index in [0.717, 1.165) is 28.6 Å². The Bertz CT molecular complexity index is 640. The van der Waals surface area contributed by atoms with Crippen molar-refractivity contribution in [1.29, 1.82) is 0 Å². The lowest BCUT2D eigenvalue weighted by molar-refractivity contribution is 1.05. The van der Waals surface area contributed by atoms with Gasteiger partial charge in [-0.2, -0.15) is 0 Å². The van der Waals surface area contributed by atoms with Gasteiger partial charge in [0.1, 0.15) is 5.82 Å². The molecule has 0 radical (unpaired) electrons. The van der Waals surface area contributed by atoms with Crippen LogP contribution in [-0.2, 0) is 6.42 Å². The average Bonchev–Trinajstić information content (AvgIpc) is 3.01. The second-order valence-electron chi connectivity index (χ2n) is 4.16. The van der Waals surface area contributed by atoms with Crippen molar-refractivity contribution in [3.63, 3.8) is 0 Å². The molecule has 3 aromatic rings. The molecular formula is C14H13N3S. The fourth-order valence-electron chi connectivity index (χ4n) is 1.86. The van der Waals surface area contributed by atoms with Crippen molar-refractivity contribution in [2.75, 3.05) is 0 Å². The SMILES string of the molecule is Cc1ncc(Cc2nc(-c3ccccc3)cs2)[nH]1. The second-order valence-corrected chi connectivity index (χ2v) is 5.11. The van der Waals surface area contributed by atoms with Crippen LogP contribution in [-0.4, -0.2) is 15.0 Å². The monoisotopic (exact) mass is 255 g/mol. The van der Waals surface area contributed by atoms with Crippen molar-refractivity contribution in [2.45, 2.75) is 13.3 Å². The first-order valence-electron chi connectivity index (χ1n) is 5.81. The Balaban J connectivity index is 1.82. The molecule has 0 aliphatic carbocycles. The number of thiazole rings is 1. The van der Waals surface area contributed by atoms with E-state index in [1.165, 1.54) is 5.56 Å². The number of H-pyrrole nitrogens is 1. The summed E-state index contributed by atoms with van der Waals surface area (Å²) in [5, 5.41) is 3.21. The lowest BCUT2D eigenvalue weighted by atomic mass is 10.2. The van der Waals surface area contributed by atoms with E-state index in [1.54, 1.807) is 11.3 Å². The quantitative estimate of drug-likeness (QED) is 0.779. The van der Waals surface area contributed by atoms with Crippen LogP contribution in [0.1, 0.15) is 16.5 Å². The summed E-state index contributed by atoms with van der Waals surface area (Å²) in [6, 6.07) is 10.3. The minimum absolute atomic E-state index is 0.818. The number of rotatable bonds is 3. The predicted octanol–water partition coefficient (Wildman–Crippen LogP) is 3.43. The third kappa shape index (κ3) is 2.33. The van der Waals surface area contributed by atoms with Crippen LogP contribution in [0.5, 0.6) is 0 Å². The van der Waals surface area contributed by atoms with Crippen LogP contribution < -0.4 is 0 Å². The van der Waals surface area contributed by atoms with Gasteiger partial charge in [0.25, 0.3) is 0 Å². The number of benzene rings is 1. The number of hydrogen-bond donors (Lipinski definition) is 1. The molecule has 0 aliphatic rings. The van der Waals surface area contributed by atoms with Gasteiger partial charge in [0, 0.05) is 29.3 Å². The molecule has 18 heavy (non-hydrogen) atoms. The van der Waals surface area contributed by atoms with Gasteiger partial charge in [-0.15, -0.1) is 11.3 Å². The second kappa shape index (κ2) is 4.74. The summed E-state index contributed by atoms with van der Waals surface area (Å²) in [7, 11) is 0. The highest BCUT2D eigenvalue weighted by Crippen LogP contribution is 2.22. The number of hydrogen-bond acceptors (Lipinski definition) is 3. The minimum atomic E-state index is 0.818. The fraction of sp³-hybridized carbons (Fsp3) is 0.143. The maximum absolute atomic E-state index is 4.66. The van der Waals surface area contributed by atoms with E-state index in [2.05, 4.69) is 32.5 Å². The summed E-state index contributed by atoms with van der Waals surface area (Å²) in [4.78, 5) is 12.1. The summed E-state index contributed by atoms with van der Waals surface area (Å²) in [6.45, 7) is 1.96. The molecular weight excluding hydrogens is 242 g/mol. The number of nitrogens with one attached hydrogen (secondary N) is 1. The van der Waals surface area contributed by atoms with E-state index in [9.17, 15) is 0 Å². The van der Waals surface area contributed by atoms with Gasteiger partial charge in [-0.25, -0.2) is 9.97 Å². The van der Waals surface area contributed by atoms with Crippen molar-refractivity contribution in [1.82, 2.24) is 15.0 Å². The number of aromatic nitrogens is 3. The van der Waals surface area contributed by atoms with Gasteiger partial charge in [-0.05, 0) is 6.92 Å². The molecule has 4 heteroatoms. The molecule has 0 fully saturated rings. The predicted molar refractivity (Wildman–Crippen MR) is 73.7 cm³/mol. The molecule has 3 nitrogen and oxygen atoms in total. The Labute approximate surface area is 110 Å². The third-order valence-electron chi connectivity index (χ3n) is 2.72. The van der Waals surface area contributed by atoms with Crippen LogP contribution in [0.3, 0.4) is 0 Å². The minimum Gasteiger partial charge on any atom is -0.346 e. The van der Waals surface area contributed by atoms with Gasteiger partial charge >= 0.3 is 0 Å². The largest absolute Gasteiger partial charge is 0.346 e. The van der Waals surface area contributed by atoms with Crippen LogP contribution >= 0.6 is 11.3 Å². The summed E-state index contributed by atoms with van der Waals surface area (Å²) in [5.74, 6) is 0.949. The van der Waals surface area contributed by atoms with Crippen molar-refractivity contribution < 1.29 is 0 Å². The Hall–Kier alpha value is -1.94. The molecule has 0 amide bonds. The van der Waals surface area contributed by atoms with Crippen molar-refractivity contribution in [2.24, 2.45) is 0 Å². The first kappa shape index (κ1) is 11.2. The molecule has 0 spiro atoms. The lowest BCUT2D eigenvalue weighted by Gasteiger charge is -1.94. The molecule has 0 aliphatic heterocycles. The van der Waals surface area contributed by atoms with Crippen molar-refractivity contribution >= 4 is 11.3 Å². The molecule has 1 N–H and O–H groups in total. The van der Waals surface area contributed by atoms with Crippen LogP contribution in [0.2, 0.25) is 0 Å². The zero-order valence-corrected chi connectivity index (χ0v) is 10.9. The summed E-state index contributed by atoms with van der Waals surface area (Å²) < 4.78 is 0. The van der Waals surface area contributed by atoms with Gasteiger partial charge < -0.3 is 4.98 Å². The van der Waals surface area contributed by atoms with E-state index in [0.29, 0.717) is 0 Å². The average molecular weight is 255 g/mol. The molecule has 1 aromatic carbocycles.